The lowest BCUT2D eigenvalue weighted by atomic mass is 9.82. The van der Waals surface area contributed by atoms with Gasteiger partial charge >= 0.3 is 0 Å². The van der Waals surface area contributed by atoms with Crippen molar-refractivity contribution in [3.05, 3.63) is 95.7 Å². The Hall–Kier alpha value is -3.76. The number of hydrogen-bond acceptors (Lipinski definition) is 5. The van der Waals surface area contributed by atoms with Gasteiger partial charge in [-0.1, -0.05) is 55.5 Å². The Morgan fingerprint density at radius 2 is 1.86 bits per heavy atom. The number of aliphatic hydroxyl groups is 1. The maximum absolute atomic E-state index is 14.4. The van der Waals surface area contributed by atoms with Gasteiger partial charge in [0.05, 0.1) is 24.8 Å². The monoisotopic (exact) mass is 583 g/mol. The van der Waals surface area contributed by atoms with Crippen molar-refractivity contribution in [3.63, 3.8) is 0 Å². The van der Waals surface area contributed by atoms with Crippen molar-refractivity contribution in [2.45, 2.75) is 56.7 Å². The predicted octanol–water partition coefficient (Wildman–Crippen LogP) is 5.08. The fourth-order valence-electron chi connectivity index (χ4n) is 7.17. The molecule has 3 heterocycles. The zero-order chi connectivity index (χ0) is 29.6. The summed E-state index contributed by atoms with van der Waals surface area (Å²) < 4.78 is 6.63. The van der Waals surface area contributed by atoms with E-state index in [4.69, 9.17) is 4.74 Å². The van der Waals surface area contributed by atoms with Gasteiger partial charge in [0.1, 0.15) is 0 Å². The Balaban J connectivity index is 1.25. The molecule has 2 aliphatic heterocycles. The average molecular weight is 584 g/mol. The molecule has 1 spiro atoms. The van der Waals surface area contributed by atoms with Gasteiger partial charge in [-0.15, -0.1) is 0 Å². The first-order chi connectivity index (χ1) is 20.1. The first kappa shape index (κ1) is 28.4. The summed E-state index contributed by atoms with van der Waals surface area (Å²) in [5.74, 6) is -0.549. The molecule has 6 rings (SSSR count). The Morgan fingerprint density at radius 1 is 1.10 bits per heavy atom. The van der Waals surface area contributed by atoms with Gasteiger partial charge in [0.25, 0.3) is 5.91 Å². The van der Waals surface area contributed by atoms with Crippen molar-refractivity contribution in [3.8, 4) is 0 Å². The Morgan fingerprint density at radius 3 is 2.64 bits per heavy atom. The van der Waals surface area contributed by atoms with E-state index in [0.717, 1.165) is 33.3 Å². The second-order valence-electron chi connectivity index (χ2n) is 12.1. The summed E-state index contributed by atoms with van der Waals surface area (Å²) in [5.41, 5.74) is 3.60. The number of aliphatic hydroxyl groups excluding tert-OH is 1. The smallest absolute Gasteiger partial charge is 0.264 e. The molecule has 4 aromatic rings. The SMILES string of the molecule is C[C@H]1[C@H]([Si](C)(C)O)[C@@H](CCO)O[C@]12C(=O)N(Cc1cccc(NC(=O)Cc3c[nH]c4ccccc34)c1)c1ccccc12. The highest BCUT2D eigenvalue weighted by molar-refractivity contribution is 6.71. The first-order valence-corrected chi connectivity index (χ1v) is 17.5. The van der Waals surface area contributed by atoms with Gasteiger partial charge in [0, 0.05) is 46.4 Å². The van der Waals surface area contributed by atoms with Crippen molar-refractivity contribution in [2.75, 3.05) is 16.8 Å². The number of anilines is 2. The summed E-state index contributed by atoms with van der Waals surface area (Å²) in [6.07, 6.45) is 2.06. The Bertz CT molecular complexity index is 1650. The highest BCUT2D eigenvalue weighted by Crippen LogP contribution is 2.59. The number of aromatic nitrogens is 1. The molecule has 42 heavy (non-hydrogen) atoms. The number of rotatable bonds is 8. The van der Waals surface area contributed by atoms with Gasteiger partial charge < -0.3 is 29.8 Å². The molecule has 8 nitrogen and oxygen atoms in total. The van der Waals surface area contributed by atoms with Crippen LogP contribution in [0.4, 0.5) is 11.4 Å². The summed E-state index contributed by atoms with van der Waals surface area (Å²) in [7, 11) is -2.74. The van der Waals surface area contributed by atoms with Gasteiger partial charge in [-0.2, -0.15) is 0 Å². The number of carbonyl (C=O) groups is 2. The van der Waals surface area contributed by atoms with E-state index in [1.165, 1.54) is 0 Å². The van der Waals surface area contributed by atoms with Crippen LogP contribution in [0, 0.1) is 5.92 Å². The number of ether oxygens (including phenoxy) is 1. The molecule has 3 aromatic carbocycles. The Labute approximate surface area is 246 Å². The first-order valence-electron chi connectivity index (χ1n) is 14.5. The lowest BCUT2D eigenvalue weighted by molar-refractivity contribution is -0.146. The minimum atomic E-state index is -2.74. The van der Waals surface area contributed by atoms with Crippen molar-refractivity contribution in [1.82, 2.24) is 4.98 Å². The molecule has 2 amide bonds. The molecule has 0 radical (unpaired) electrons. The van der Waals surface area contributed by atoms with Gasteiger partial charge in [-0.3, -0.25) is 9.59 Å². The molecule has 0 unspecified atom stereocenters. The molecule has 218 valence electrons. The molecule has 9 heteroatoms. The lowest BCUT2D eigenvalue weighted by Crippen LogP contribution is -2.46. The molecule has 0 saturated carbocycles. The fraction of sp³-hybridized carbons (Fsp3) is 0.333. The van der Waals surface area contributed by atoms with Crippen LogP contribution >= 0.6 is 0 Å². The number of hydrogen-bond donors (Lipinski definition) is 4. The number of amides is 2. The lowest BCUT2D eigenvalue weighted by Gasteiger charge is -2.32. The van der Waals surface area contributed by atoms with E-state index < -0.39 is 20.0 Å². The van der Waals surface area contributed by atoms with Gasteiger partial charge in [0.15, 0.2) is 13.9 Å². The van der Waals surface area contributed by atoms with Gasteiger partial charge in [-0.05, 0) is 54.9 Å². The third-order valence-corrected chi connectivity index (χ3v) is 11.4. The summed E-state index contributed by atoms with van der Waals surface area (Å²) in [6.45, 7) is 5.97. The molecule has 1 saturated heterocycles. The van der Waals surface area contributed by atoms with Crippen molar-refractivity contribution in [1.29, 1.82) is 0 Å². The van der Waals surface area contributed by atoms with Gasteiger partial charge in [-0.25, -0.2) is 0 Å². The topological polar surface area (TPSA) is 115 Å². The third-order valence-electron chi connectivity index (χ3n) is 8.88. The van der Waals surface area contributed by atoms with Crippen molar-refractivity contribution >= 4 is 42.4 Å². The third kappa shape index (κ3) is 4.76. The van der Waals surface area contributed by atoms with E-state index in [0.29, 0.717) is 18.7 Å². The molecule has 0 aliphatic carbocycles. The zero-order valence-corrected chi connectivity index (χ0v) is 25.1. The second-order valence-corrected chi connectivity index (χ2v) is 16.0. The van der Waals surface area contributed by atoms with Crippen LogP contribution in [0.3, 0.4) is 0 Å². The average Bonchev–Trinajstić information content (AvgIpc) is 3.57. The molecule has 1 aromatic heterocycles. The normalized spacial score (nSPS) is 23.6. The largest absolute Gasteiger partial charge is 0.432 e. The van der Waals surface area contributed by atoms with Crippen LogP contribution in [0.2, 0.25) is 18.6 Å². The standard InChI is InChI=1S/C33H37N3O5Si/c1-21-31(42(2,3)40)29(15-16-37)41-33(21)26-12-5-7-14-28(26)36(32(33)39)20-22-9-8-10-24(17-22)35-30(38)18-23-19-34-27-13-6-4-11-25(23)27/h4-14,17,19,21,29,31,34,37,40H,15-16,18,20H2,1-3H3,(H,35,38)/t21-,29+,31-,33+/m0/s1. The van der Waals surface area contributed by atoms with Crippen LogP contribution in [0.25, 0.3) is 10.9 Å². The van der Waals surface area contributed by atoms with E-state index in [-0.39, 0.29) is 36.3 Å². The minimum Gasteiger partial charge on any atom is -0.432 e. The summed E-state index contributed by atoms with van der Waals surface area (Å²) in [4.78, 5) is 43.5. The van der Waals surface area contributed by atoms with Crippen LogP contribution in [-0.2, 0) is 32.9 Å². The second kappa shape index (κ2) is 10.8. The van der Waals surface area contributed by atoms with E-state index in [2.05, 4.69) is 10.3 Å². The molecular formula is C33H37N3O5Si. The highest BCUT2D eigenvalue weighted by Gasteiger charge is 2.65. The summed E-state index contributed by atoms with van der Waals surface area (Å²) in [6, 6.07) is 23.2. The molecule has 0 bridgehead atoms. The van der Waals surface area contributed by atoms with E-state index in [1.807, 2.05) is 99.0 Å². The number of para-hydroxylation sites is 2. The Kier molecular flexibility index (Phi) is 7.30. The summed E-state index contributed by atoms with van der Waals surface area (Å²) in [5, 5.41) is 13.8. The number of fused-ring (bicyclic) bond motifs is 3. The maximum atomic E-state index is 14.4. The molecule has 4 N–H and O–H groups in total. The minimum absolute atomic E-state index is 0.0766. The number of aromatic amines is 1. The molecule has 2 aliphatic rings. The van der Waals surface area contributed by atoms with Crippen LogP contribution in [0.15, 0.2) is 79.0 Å². The number of H-pyrrole nitrogens is 1. The number of benzene rings is 3. The van der Waals surface area contributed by atoms with Gasteiger partial charge in [0.2, 0.25) is 5.91 Å². The number of nitrogens with zero attached hydrogens (tertiary/aromatic N) is 1. The zero-order valence-electron chi connectivity index (χ0n) is 24.1. The number of carbonyl (C=O) groups excluding carboxylic acids is 2. The van der Waals surface area contributed by atoms with E-state index in [9.17, 15) is 19.5 Å². The molecule has 4 atom stereocenters. The number of nitrogens with one attached hydrogen (secondary N) is 2. The van der Waals surface area contributed by atoms with E-state index >= 15 is 0 Å². The highest BCUT2D eigenvalue weighted by atomic mass is 28.4. The van der Waals surface area contributed by atoms with Crippen LogP contribution in [0.5, 0.6) is 0 Å². The summed E-state index contributed by atoms with van der Waals surface area (Å²) >= 11 is 0. The van der Waals surface area contributed by atoms with Crippen molar-refractivity contribution < 1.29 is 24.2 Å². The van der Waals surface area contributed by atoms with Crippen LogP contribution in [-0.4, -0.2) is 47.7 Å². The predicted molar refractivity (Wildman–Crippen MR) is 166 cm³/mol. The molecular weight excluding hydrogens is 546 g/mol. The van der Waals surface area contributed by atoms with Crippen LogP contribution < -0.4 is 10.2 Å². The quantitative estimate of drug-likeness (QED) is 0.216. The van der Waals surface area contributed by atoms with Crippen LogP contribution in [0.1, 0.15) is 30.0 Å². The fourth-order valence-corrected chi connectivity index (χ4v) is 9.77. The van der Waals surface area contributed by atoms with E-state index in [1.54, 1.807) is 4.90 Å². The van der Waals surface area contributed by atoms with Crippen molar-refractivity contribution in [2.24, 2.45) is 5.92 Å². The maximum Gasteiger partial charge on any atom is 0.264 e. The molecule has 1 fully saturated rings.